The molecule has 1 aromatic carbocycles. The third kappa shape index (κ3) is 5.20. The predicted molar refractivity (Wildman–Crippen MR) is 97.1 cm³/mol. The van der Waals surface area contributed by atoms with Crippen LogP contribution in [0, 0.1) is 11.8 Å². The number of piperazine rings is 1. The van der Waals surface area contributed by atoms with Crippen LogP contribution in [0.4, 0.5) is 22.0 Å². The average molecular weight is 434 g/mol. The predicted octanol–water partition coefficient (Wildman–Crippen LogP) is 3.94. The van der Waals surface area contributed by atoms with Crippen molar-refractivity contribution in [2.45, 2.75) is 38.5 Å². The maximum atomic E-state index is 13.0. The van der Waals surface area contributed by atoms with Crippen molar-refractivity contribution in [2.24, 2.45) is 11.8 Å². The number of amides is 2. The lowest BCUT2D eigenvalue weighted by Gasteiger charge is -2.38. The third-order valence-corrected chi connectivity index (χ3v) is 5.70. The van der Waals surface area contributed by atoms with Gasteiger partial charge in [0.25, 0.3) is 5.91 Å². The molecule has 10 heteroatoms. The average Bonchev–Trinajstić information content (AvgIpc) is 2.72. The topological polar surface area (TPSA) is 49.9 Å². The summed E-state index contributed by atoms with van der Waals surface area (Å²) < 4.78 is 68.5. The van der Waals surface area contributed by atoms with Crippen molar-refractivity contribution in [2.75, 3.05) is 26.2 Å². The van der Waals surface area contributed by atoms with Crippen molar-refractivity contribution in [1.29, 1.82) is 0 Å². The first-order valence-corrected chi connectivity index (χ1v) is 9.85. The van der Waals surface area contributed by atoms with E-state index >= 15 is 0 Å². The van der Waals surface area contributed by atoms with Crippen LogP contribution in [0.5, 0.6) is 5.75 Å². The molecular weight excluding hydrogens is 411 g/mol. The molecule has 1 heterocycles. The molecule has 2 aliphatic rings. The van der Waals surface area contributed by atoms with Gasteiger partial charge in [0.05, 0.1) is 11.5 Å². The van der Waals surface area contributed by atoms with Gasteiger partial charge >= 0.3 is 12.8 Å². The van der Waals surface area contributed by atoms with Crippen molar-refractivity contribution >= 4 is 11.8 Å². The van der Waals surface area contributed by atoms with E-state index in [0.717, 1.165) is 0 Å². The van der Waals surface area contributed by atoms with E-state index < -0.39 is 30.5 Å². The SMILES string of the molecule is O=C(c1ccccc1OC(F)F)N1CCN(C(=O)C2CCCC(C(F)(F)F)C2)CC1. The highest BCUT2D eigenvalue weighted by Crippen LogP contribution is 2.40. The van der Waals surface area contributed by atoms with Crippen molar-refractivity contribution in [1.82, 2.24) is 9.80 Å². The number of nitrogens with zero attached hydrogens (tertiary/aromatic N) is 2. The Morgan fingerprint density at radius 3 is 2.27 bits per heavy atom. The number of para-hydroxylation sites is 1. The van der Waals surface area contributed by atoms with Gasteiger partial charge in [-0.25, -0.2) is 0 Å². The van der Waals surface area contributed by atoms with Gasteiger partial charge in [0.1, 0.15) is 5.75 Å². The minimum atomic E-state index is -4.29. The second kappa shape index (κ2) is 9.18. The lowest BCUT2D eigenvalue weighted by molar-refractivity contribution is -0.187. The van der Waals surface area contributed by atoms with E-state index in [1.165, 1.54) is 34.1 Å². The molecule has 1 aromatic rings. The van der Waals surface area contributed by atoms with Crippen LogP contribution >= 0.6 is 0 Å². The second-order valence-electron chi connectivity index (χ2n) is 7.59. The van der Waals surface area contributed by atoms with E-state index in [0.29, 0.717) is 12.8 Å². The molecule has 2 atom stereocenters. The monoisotopic (exact) mass is 434 g/mol. The number of alkyl halides is 5. The smallest absolute Gasteiger partial charge is 0.391 e. The summed E-state index contributed by atoms with van der Waals surface area (Å²) in [4.78, 5) is 28.3. The molecule has 1 saturated carbocycles. The zero-order chi connectivity index (χ0) is 21.9. The van der Waals surface area contributed by atoms with Crippen LogP contribution in [0.25, 0.3) is 0 Å². The number of hydrogen-bond acceptors (Lipinski definition) is 3. The number of benzene rings is 1. The van der Waals surface area contributed by atoms with Crippen LogP contribution in [0.15, 0.2) is 24.3 Å². The Morgan fingerprint density at radius 2 is 1.63 bits per heavy atom. The van der Waals surface area contributed by atoms with Gasteiger partial charge < -0.3 is 14.5 Å². The minimum absolute atomic E-state index is 0.00197. The molecule has 166 valence electrons. The van der Waals surface area contributed by atoms with E-state index in [2.05, 4.69) is 4.74 Å². The highest BCUT2D eigenvalue weighted by Gasteiger charge is 2.44. The Balaban J connectivity index is 1.58. The van der Waals surface area contributed by atoms with Gasteiger partial charge in [0.15, 0.2) is 0 Å². The molecule has 1 aliphatic carbocycles. The molecular formula is C20H23F5N2O3. The van der Waals surface area contributed by atoms with Gasteiger partial charge in [-0.1, -0.05) is 18.6 Å². The van der Waals surface area contributed by atoms with E-state index in [9.17, 15) is 31.5 Å². The maximum absolute atomic E-state index is 13.0. The standard InChI is InChI=1S/C20H23F5N2O3/c21-19(22)30-16-7-2-1-6-15(16)18(29)27-10-8-26(9-11-27)17(28)13-4-3-5-14(12-13)20(23,24)25/h1-2,6-7,13-14,19H,3-5,8-12H2. The van der Waals surface area contributed by atoms with Crippen LogP contribution in [0.2, 0.25) is 0 Å². The van der Waals surface area contributed by atoms with Crippen molar-refractivity contribution in [3.05, 3.63) is 29.8 Å². The number of rotatable bonds is 4. The van der Waals surface area contributed by atoms with Gasteiger partial charge in [0, 0.05) is 32.1 Å². The lowest BCUT2D eigenvalue weighted by atomic mass is 9.80. The summed E-state index contributed by atoms with van der Waals surface area (Å²) in [7, 11) is 0. The van der Waals surface area contributed by atoms with Crippen LogP contribution in [0.1, 0.15) is 36.0 Å². The molecule has 0 radical (unpaired) electrons. The summed E-state index contributed by atoms with van der Waals surface area (Å²) in [5.74, 6) is -3.13. The second-order valence-corrected chi connectivity index (χ2v) is 7.59. The Hall–Kier alpha value is -2.39. The van der Waals surface area contributed by atoms with Gasteiger partial charge in [-0.05, 0) is 31.4 Å². The van der Waals surface area contributed by atoms with Gasteiger partial charge in [-0.2, -0.15) is 22.0 Å². The van der Waals surface area contributed by atoms with E-state index in [1.54, 1.807) is 0 Å². The Morgan fingerprint density at radius 1 is 1.00 bits per heavy atom. The number of ether oxygens (including phenoxy) is 1. The van der Waals surface area contributed by atoms with E-state index in [-0.39, 0.29) is 56.2 Å². The maximum Gasteiger partial charge on any atom is 0.391 e. The fourth-order valence-electron chi connectivity index (χ4n) is 4.11. The third-order valence-electron chi connectivity index (χ3n) is 5.70. The fraction of sp³-hybridized carbons (Fsp3) is 0.600. The Labute approximate surface area is 170 Å². The van der Waals surface area contributed by atoms with Crippen molar-refractivity contribution in [3.8, 4) is 5.75 Å². The molecule has 0 bridgehead atoms. The zero-order valence-electron chi connectivity index (χ0n) is 16.2. The normalized spacial score (nSPS) is 22.9. The first-order chi connectivity index (χ1) is 14.2. The summed E-state index contributed by atoms with van der Waals surface area (Å²) in [5, 5.41) is 0. The first-order valence-electron chi connectivity index (χ1n) is 9.85. The van der Waals surface area contributed by atoms with Crippen LogP contribution in [-0.2, 0) is 4.79 Å². The molecule has 5 nitrogen and oxygen atoms in total. The number of hydrogen-bond donors (Lipinski definition) is 0. The summed E-state index contributed by atoms with van der Waals surface area (Å²) in [6.07, 6.45) is -3.64. The minimum Gasteiger partial charge on any atom is -0.434 e. The van der Waals surface area contributed by atoms with Crippen molar-refractivity contribution in [3.63, 3.8) is 0 Å². The number of halogens is 5. The van der Waals surface area contributed by atoms with Crippen LogP contribution < -0.4 is 4.74 Å². The highest BCUT2D eigenvalue weighted by molar-refractivity contribution is 5.97. The lowest BCUT2D eigenvalue weighted by Crippen LogP contribution is -2.52. The Kier molecular flexibility index (Phi) is 6.82. The molecule has 2 fully saturated rings. The molecule has 1 saturated heterocycles. The summed E-state index contributed by atoms with van der Waals surface area (Å²) in [6, 6.07) is 5.67. The molecule has 2 amide bonds. The van der Waals surface area contributed by atoms with Gasteiger partial charge in [-0.3, -0.25) is 9.59 Å². The van der Waals surface area contributed by atoms with Crippen LogP contribution in [0.3, 0.4) is 0 Å². The largest absolute Gasteiger partial charge is 0.434 e. The summed E-state index contributed by atoms with van der Waals surface area (Å²) >= 11 is 0. The zero-order valence-corrected chi connectivity index (χ0v) is 16.2. The fourth-order valence-corrected chi connectivity index (χ4v) is 4.11. The van der Waals surface area contributed by atoms with Gasteiger partial charge in [-0.15, -0.1) is 0 Å². The number of carbonyl (C=O) groups is 2. The van der Waals surface area contributed by atoms with Gasteiger partial charge in [0.2, 0.25) is 5.91 Å². The molecule has 0 spiro atoms. The quantitative estimate of drug-likeness (QED) is 0.675. The Bertz CT molecular complexity index is 763. The molecule has 3 rings (SSSR count). The molecule has 0 N–H and O–H groups in total. The van der Waals surface area contributed by atoms with Crippen LogP contribution in [-0.4, -0.2) is 60.6 Å². The molecule has 30 heavy (non-hydrogen) atoms. The molecule has 0 aromatic heterocycles. The van der Waals surface area contributed by atoms with E-state index in [1.807, 2.05) is 0 Å². The number of carbonyl (C=O) groups excluding carboxylic acids is 2. The highest BCUT2D eigenvalue weighted by atomic mass is 19.4. The summed E-state index contributed by atoms with van der Waals surface area (Å²) in [6.45, 7) is -2.35. The molecule has 2 unspecified atom stereocenters. The molecule has 1 aliphatic heterocycles. The first kappa shape index (κ1) is 22.3. The summed E-state index contributed by atoms with van der Waals surface area (Å²) in [5.41, 5.74) is -0.00197. The van der Waals surface area contributed by atoms with E-state index in [4.69, 9.17) is 0 Å². The van der Waals surface area contributed by atoms with Crippen molar-refractivity contribution < 1.29 is 36.3 Å².